The lowest BCUT2D eigenvalue weighted by Gasteiger charge is -2.37. The van der Waals surface area contributed by atoms with Gasteiger partial charge in [-0.05, 0) is 19.4 Å². The Bertz CT molecular complexity index is 413. The quantitative estimate of drug-likeness (QED) is 0.857. The van der Waals surface area contributed by atoms with E-state index in [1.165, 1.54) is 5.56 Å². The second-order valence-electron chi connectivity index (χ2n) is 5.34. The predicted molar refractivity (Wildman–Crippen MR) is 82.4 cm³/mol. The van der Waals surface area contributed by atoms with E-state index in [-0.39, 0.29) is 18.1 Å². The van der Waals surface area contributed by atoms with Crippen molar-refractivity contribution in [2.24, 2.45) is 5.73 Å². The van der Waals surface area contributed by atoms with Crippen LogP contribution in [0.5, 0.6) is 0 Å². The zero-order valence-electron chi connectivity index (χ0n) is 11.6. The molecule has 1 saturated heterocycles. The first-order valence-electron chi connectivity index (χ1n) is 6.78. The van der Waals surface area contributed by atoms with E-state index in [1.807, 2.05) is 18.2 Å². The molecule has 0 spiro atoms. The highest BCUT2D eigenvalue weighted by Crippen LogP contribution is 2.20. The monoisotopic (exact) mass is 278 g/mol. The number of hydrogen-bond donors (Lipinski definition) is 1. The fourth-order valence-electron chi connectivity index (χ4n) is 2.74. The van der Waals surface area contributed by atoms with Crippen molar-refractivity contribution in [3.8, 4) is 0 Å². The lowest BCUT2D eigenvalue weighted by Crippen LogP contribution is -2.47. The van der Waals surface area contributed by atoms with Gasteiger partial charge in [0.1, 0.15) is 0 Å². The Hall–Kier alpha value is -0.970. The molecular formula is C15H22N2OS. The summed E-state index contributed by atoms with van der Waals surface area (Å²) in [6, 6.07) is 10.3. The largest absolute Gasteiger partial charge is 0.393 e. The Morgan fingerprint density at radius 3 is 2.42 bits per heavy atom. The summed E-state index contributed by atoms with van der Waals surface area (Å²) in [7, 11) is 0. The normalized spacial score (nSPS) is 26.0. The molecule has 2 N–H and O–H groups in total. The van der Waals surface area contributed by atoms with Crippen molar-refractivity contribution in [1.29, 1.82) is 0 Å². The van der Waals surface area contributed by atoms with Crippen LogP contribution < -0.4 is 5.73 Å². The van der Waals surface area contributed by atoms with Crippen molar-refractivity contribution in [2.45, 2.75) is 32.0 Å². The molecule has 4 heteroatoms. The molecule has 3 nitrogen and oxygen atoms in total. The summed E-state index contributed by atoms with van der Waals surface area (Å²) >= 11 is 5.25. The predicted octanol–water partition coefficient (Wildman–Crippen LogP) is 2.17. The van der Waals surface area contributed by atoms with Gasteiger partial charge in [0.2, 0.25) is 0 Å². The van der Waals surface area contributed by atoms with Crippen LogP contribution >= 0.6 is 12.2 Å². The van der Waals surface area contributed by atoms with Gasteiger partial charge in [-0.15, -0.1) is 0 Å². The molecule has 2 rings (SSSR count). The van der Waals surface area contributed by atoms with E-state index in [0.29, 0.717) is 4.99 Å². The number of rotatable bonds is 4. The third-order valence-corrected chi connectivity index (χ3v) is 3.77. The van der Waals surface area contributed by atoms with Gasteiger partial charge in [0, 0.05) is 25.6 Å². The van der Waals surface area contributed by atoms with Gasteiger partial charge in [-0.2, -0.15) is 0 Å². The Labute approximate surface area is 120 Å². The van der Waals surface area contributed by atoms with Crippen LogP contribution in [0, 0.1) is 0 Å². The molecule has 0 saturated carbocycles. The minimum absolute atomic E-state index is 0.119. The number of nitrogens with two attached hydrogens (primary N) is 1. The second-order valence-corrected chi connectivity index (χ2v) is 5.81. The van der Waals surface area contributed by atoms with E-state index in [4.69, 9.17) is 22.7 Å². The summed E-state index contributed by atoms with van der Waals surface area (Å²) in [6.07, 6.45) is 0.540. The highest BCUT2D eigenvalue weighted by atomic mass is 32.1. The smallest absolute Gasteiger partial charge is 0.0816 e. The Morgan fingerprint density at radius 2 is 1.89 bits per heavy atom. The van der Waals surface area contributed by atoms with Crippen LogP contribution in [-0.4, -0.2) is 41.7 Å². The van der Waals surface area contributed by atoms with E-state index in [9.17, 15) is 0 Å². The maximum Gasteiger partial charge on any atom is 0.0816 e. The van der Waals surface area contributed by atoms with E-state index in [2.05, 4.69) is 30.9 Å². The zero-order chi connectivity index (χ0) is 13.8. The molecule has 1 aliphatic heterocycles. The molecule has 19 heavy (non-hydrogen) atoms. The lowest BCUT2D eigenvalue weighted by atomic mass is 9.98. The summed E-state index contributed by atoms with van der Waals surface area (Å²) in [4.78, 5) is 2.97. The first-order chi connectivity index (χ1) is 9.06. The summed E-state index contributed by atoms with van der Waals surface area (Å²) in [5, 5.41) is 0. The standard InChI is InChI=1S/C15H22N2OS/c1-11-8-17(9-12(2)18-11)10-14(15(16)19)13-6-4-3-5-7-13/h3-7,11-12,14H,8-10H2,1-2H3,(H2,16,19)/t11-,12+,14?. The van der Waals surface area contributed by atoms with Crippen molar-refractivity contribution in [3.05, 3.63) is 35.9 Å². The molecule has 1 aromatic rings. The summed E-state index contributed by atoms with van der Waals surface area (Å²) in [5.41, 5.74) is 7.12. The Balaban J connectivity index is 2.07. The van der Waals surface area contributed by atoms with E-state index in [0.717, 1.165) is 19.6 Å². The van der Waals surface area contributed by atoms with Crippen molar-refractivity contribution < 1.29 is 4.74 Å². The molecule has 3 atom stereocenters. The van der Waals surface area contributed by atoms with Gasteiger partial charge in [-0.25, -0.2) is 0 Å². The number of ether oxygens (including phenoxy) is 1. The van der Waals surface area contributed by atoms with Crippen LogP contribution in [0.15, 0.2) is 30.3 Å². The highest BCUT2D eigenvalue weighted by Gasteiger charge is 2.26. The van der Waals surface area contributed by atoms with Crippen LogP contribution in [0.4, 0.5) is 0 Å². The van der Waals surface area contributed by atoms with Gasteiger partial charge in [-0.1, -0.05) is 42.5 Å². The lowest BCUT2D eigenvalue weighted by molar-refractivity contribution is -0.0680. The summed E-state index contributed by atoms with van der Waals surface area (Å²) in [5.74, 6) is 0.119. The molecule has 0 aromatic heterocycles. The molecular weight excluding hydrogens is 256 g/mol. The van der Waals surface area contributed by atoms with E-state index >= 15 is 0 Å². The molecule has 1 aromatic carbocycles. The molecule has 0 amide bonds. The molecule has 0 aliphatic carbocycles. The average molecular weight is 278 g/mol. The molecule has 0 radical (unpaired) electrons. The van der Waals surface area contributed by atoms with Gasteiger partial charge in [-0.3, -0.25) is 4.90 Å². The second kappa shape index (κ2) is 6.46. The maximum atomic E-state index is 5.93. The average Bonchev–Trinajstić information content (AvgIpc) is 2.35. The van der Waals surface area contributed by atoms with Crippen LogP contribution in [0.25, 0.3) is 0 Å². The van der Waals surface area contributed by atoms with Gasteiger partial charge in [0.05, 0.1) is 17.2 Å². The fourth-order valence-corrected chi connectivity index (χ4v) is 2.95. The molecule has 0 bridgehead atoms. The van der Waals surface area contributed by atoms with Gasteiger partial charge in [0.25, 0.3) is 0 Å². The molecule has 1 aliphatic rings. The number of hydrogen-bond acceptors (Lipinski definition) is 3. The fraction of sp³-hybridized carbons (Fsp3) is 0.533. The van der Waals surface area contributed by atoms with Gasteiger partial charge in [0.15, 0.2) is 0 Å². The Morgan fingerprint density at radius 1 is 1.32 bits per heavy atom. The third-order valence-electron chi connectivity index (χ3n) is 3.48. The van der Waals surface area contributed by atoms with Crippen LogP contribution in [0.3, 0.4) is 0 Å². The number of morpholine rings is 1. The Kier molecular flexibility index (Phi) is 4.91. The third kappa shape index (κ3) is 4.00. The van der Waals surface area contributed by atoms with Crippen molar-refractivity contribution in [2.75, 3.05) is 19.6 Å². The molecule has 1 fully saturated rings. The summed E-state index contributed by atoms with van der Waals surface area (Å²) < 4.78 is 5.76. The first-order valence-corrected chi connectivity index (χ1v) is 7.19. The molecule has 1 unspecified atom stereocenters. The maximum absolute atomic E-state index is 5.93. The van der Waals surface area contributed by atoms with Gasteiger partial charge >= 0.3 is 0 Å². The first kappa shape index (κ1) is 14.4. The van der Waals surface area contributed by atoms with Crippen LogP contribution in [0.1, 0.15) is 25.3 Å². The molecule has 1 heterocycles. The number of benzene rings is 1. The van der Waals surface area contributed by atoms with Crippen LogP contribution in [-0.2, 0) is 4.74 Å². The highest BCUT2D eigenvalue weighted by molar-refractivity contribution is 7.80. The number of thiocarbonyl (C=S) groups is 1. The number of nitrogens with zero attached hydrogens (tertiary/aromatic N) is 1. The topological polar surface area (TPSA) is 38.5 Å². The van der Waals surface area contributed by atoms with Crippen LogP contribution in [0.2, 0.25) is 0 Å². The minimum atomic E-state index is 0.119. The van der Waals surface area contributed by atoms with Gasteiger partial charge < -0.3 is 10.5 Å². The van der Waals surface area contributed by atoms with E-state index in [1.54, 1.807) is 0 Å². The van der Waals surface area contributed by atoms with Crippen molar-refractivity contribution in [3.63, 3.8) is 0 Å². The minimum Gasteiger partial charge on any atom is -0.393 e. The SMILES string of the molecule is C[C@@H]1CN(CC(C(N)=S)c2ccccc2)C[C@H](C)O1. The zero-order valence-corrected chi connectivity index (χ0v) is 12.4. The van der Waals surface area contributed by atoms with E-state index < -0.39 is 0 Å². The molecule has 104 valence electrons. The van der Waals surface area contributed by atoms with Crippen molar-refractivity contribution >= 4 is 17.2 Å². The summed E-state index contributed by atoms with van der Waals surface area (Å²) in [6.45, 7) is 6.98. The van der Waals surface area contributed by atoms with Crippen molar-refractivity contribution in [1.82, 2.24) is 4.90 Å².